The maximum atomic E-state index is 12.6. The quantitative estimate of drug-likeness (QED) is 0.545. The topological polar surface area (TPSA) is 96.0 Å². The molecule has 2 amide bonds. The highest BCUT2D eigenvalue weighted by Gasteiger charge is 2.11. The van der Waals surface area contributed by atoms with E-state index in [9.17, 15) is 14.4 Å². The van der Waals surface area contributed by atoms with E-state index in [4.69, 9.17) is 12.2 Å². The fraction of sp³-hybridized carbons (Fsp3) is 0.238. The first-order valence-corrected chi connectivity index (χ1v) is 9.62. The summed E-state index contributed by atoms with van der Waals surface area (Å²) in [5, 5.41) is 5.90. The van der Waals surface area contributed by atoms with Crippen LogP contribution in [0.3, 0.4) is 0 Å². The van der Waals surface area contributed by atoms with Gasteiger partial charge in [-0.05, 0) is 49.3 Å². The van der Waals surface area contributed by atoms with Crippen molar-refractivity contribution >= 4 is 40.6 Å². The molecular formula is C21H22N4O3S. The molecule has 3 N–H and O–H groups in total. The lowest BCUT2D eigenvalue weighted by Gasteiger charge is -2.12. The Balaban J connectivity index is 1.58. The van der Waals surface area contributed by atoms with Gasteiger partial charge in [0.2, 0.25) is 11.8 Å². The van der Waals surface area contributed by atoms with Crippen molar-refractivity contribution in [1.82, 2.24) is 14.9 Å². The lowest BCUT2D eigenvalue weighted by molar-refractivity contribution is -0.124. The Morgan fingerprint density at radius 3 is 2.45 bits per heavy atom. The van der Waals surface area contributed by atoms with Gasteiger partial charge in [0.1, 0.15) is 0 Å². The third kappa shape index (κ3) is 4.78. The number of nitrogens with zero attached hydrogens (tertiary/aromatic N) is 1. The summed E-state index contributed by atoms with van der Waals surface area (Å²) in [6, 6.07) is 12.8. The van der Waals surface area contributed by atoms with Crippen molar-refractivity contribution in [3.8, 4) is 0 Å². The highest BCUT2D eigenvalue weighted by molar-refractivity contribution is 7.71. The van der Waals surface area contributed by atoms with E-state index >= 15 is 0 Å². The number of nitrogens with one attached hydrogen (secondary N) is 3. The van der Waals surface area contributed by atoms with Gasteiger partial charge in [0.25, 0.3) is 5.56 Å². The second kappa shape index (κ2) is 8.83. The molecule has 150 valence electrons. The fourth-order valence-corrected chi connectivity index (χ4v) is 3.36. The predicted molar refractivity (Wildman–Crippen MR) is 116 cm³/mol. The van der Waals surface area contributed by atoms with Gasteiger partial charge < -0.3 is 15.6 Å². The number of benzene rings is 2. The van der Waals surface area contributed by atoms with Gasteiger partial charge in [0.15, 0.2) is 4.77 Å². The van der Waals surface area contributed by atoms with Crippen LogP contribution in [-0.4, -0.2) is 27.9 Å². The maximum Gasteiger partial charge on any atom is 0.262 e. The summed E-state index contributed by atoms with van der Waals surface area (Å²) in [5.41, 5.74) is 3.07. The molecule has 0 saturated heterocycles. The first kappa shape index (κ1) is 20.5. The number of rotatable bonds is 6. The van der Waals surface area contributed by atoms with E-state index in [1.165, 1.54) is 4.57 Å². The van der Waals surface area contributed by atoms with Crippen molar-refractivity contribution in [2.75, 3.05) is 11.9 Å². The second-order valence-corrected chi connectivity index (χ2v) is 7.16. The summed E-state index contributed by atoms with van der Waals surface area (Å²) in [4.78, 5) is 39.9. The molecule has 7 nitrogen and oxygen atoms in total. The summed E-state index contributed by atoms with van der Waals surface area (Å²) in [6.07, 6.45) is 0.0341. The number of aromatic amines is 1. The number of carbonyl (C=O) groups excluding carboxylic acids is 2. The summed E-state index contributed by atoms with van der Waals surface area (Å²) < 4.78 is 1.61. The highest BCUT2D eigenvalue weighted by atomic mass is 32.1. The number of aromatic nitrogens is 2. The number of H-pyrrole nitrogens is 1. The van der Waals surface area contributed by atoms with Crippen molar-refractivity contribution in [3.05, 3.63) is 68.7 Å². The van der Waals surface area contributed by atoms with Gasteiger partial charge in [-0.25, -0.2) is 0 Å². The second-order valence-electron chi connectivity index (χ2n) is 6.77. The third-order valence-electron chi connectivity index (χ3n) is 4.64. The van der Waals surface area contributed by atoms with E-state index in [0.717, 1.165) is 16.8 Å². The highest BCUT2D eigenvalue weighted by Crippen LogP contribution is 2.18. The molecule has 0 bridgehead atoms. The molecule has 29 heavy (non-hydrogen) atoms. The number of para-hydroxylation sites is 2. The minimum absolute atomic E-state index is 0.0341. The normalized spacial score (nSPS) is 10.7. The van der Waals surface area contributed by atoms with Crippen molar-refractivity contribution < 1.29 is 9.59 Å². The van der Waals surface area contributed by atoms with Gasteiger partial charge in [-0.3, -0.25) is 19.0 Å². The number of fused-ring (bicyclic) bond motifs is 1. The smallest absolute Gasteiger partial charge is 0.262 e. The molecule has 0 atom stereocenters. The molecular weight excluding hydrogens is 388 g/mol. The minimum Gasteiger partial charge on any atom is -0.347 e. The first-order valence-electron chi connectivity index (χ1n) is 9.21. The van der Waals surface area contributed by atoms with Crippen LogP contribution in [-0.2, 0) is 16.1 Å². The number of aryl methyl sites for hydroxylation is 2. The molecule has 0 aliphatic heterocycles. The number of anilines is 1. The number of hydrogen-bond acceptors (Lipinski definition) is 4. The van der Waals surface area contributed by atoms with Crippen LogP contribution in [0, 0.1) is 18.6 Å². The van der Waals surface area contributed by atoms with Gasteiger partial charge in [-0.15, -0.1) is 0 Å². The van der Waals surface area contributed by atoms with E-state index in [2.05, 4.69) is 15.6 Å². The van der Waals surface area contributed by atoms with Crippen molar-refractivity contribution in [1.29, 1.82) is 0 Å². The standard InChI is InChI=1S/C21H22N4O3S/c1-13-6-5-7-14(2)19(13)24-18(27)12-22-17(26)10-11-25-20(28)15-8-3-4-9-16(15)23-21(25)29/h3-9H,10-12H2,1-2H3,(H,22,26)(H,23,29)(H,24,27). The van der Waals surface area contributed by atoms with E-state index in [1.807, 2.05) is 38.1 Å². The molecule has 2 aromatic carbocycles. The van der Waals surface area contributed by atoms with Crippen LogP contribution >= 0.6 is 12.2 Å². The van der Waals surface area contributed by atoms with Crippen LogP contribution in [0.4, 0.5) is 5.69 Å². The number of amides is 2. The molecule has 0 saturated carbocycles. The Bertz CT molecular complexity index is 1180. The van der Waals surface area contributed by atoms with Crippen molar-refractivity contribution in [3.63, 3.8) is 0 Å². The molecule has 0 aliphatic carbocycles. The van der Waals surface area contributed by atoms with Crippen LogP contribution in [0.5, 0.6) is 0 Å². The van der Waals surface area contributed by atoms with Gasteiger partial charge in [0.05, 0.1) is 17.4 Å². The molecule has 3 aromatic rings. The maximum absolute atomic E-state index is 12.6. The Hall–Kier alpha value is -3.26. The average molecular weight is 410 g/mol. The van der Waals surface area contributed by atoms with Gasteiger partial charge in [0, 0.05) is 18.7 Å². The molecule has 3 rings (SSSR count). The third-order valence-corrected chi connectivity index (χ3v) is 4.97. The van der Waals surface area contributed by atoms with Crippen LogP contribution in [0.1, 0.15) is 17.5 Å². The first-order chi connectivity index (χ1) is 13.9. The van der Waals surface area contributed by atoms with Crippen LogP contribution in [0.15, 0.2) is 47.3 Å². The Labute approximate surface area is 172 Å². The zero-order valence-electron chi connectivity index (χ0n) is 16.2. The largest absolute Gasteiger partial charge is 0.347 e. The number of hydrogen-bond donors (Lipinski definition) is 3. The number of carbonyl (C=O) groups is 2. The van der Waals surface area contributed by atoms with Crippen LogP contribution < -0.4 is 16.2 Å². The van der Waals surface area contributed by atoms with Gasteiger partial charge in [-0.2, -0.15) is 0 Å². The van der Waals surface area contributed by atoms with Crippen molar-refractivity contribution in [2.45, 2.75) is 26.8 Å². The zero-order valence-corrected chi connectivity index (χ0v) is 17.1. The fourth-order valence-electron chi connectivity index (χ4n) is 3.08. The molecule has 0 aliphatic rings. The summed E-state index contributed by atoms with van der Waals surface area (Å²) in [6.45, 7) is 3.80. The Morgan fingerprint density at radius 1 is 1.03 bits per heavy atom. The van der Waals surface area contributed by atoms with E-state index < -0.39 is 0 Å². The zero-order chi connectivity index (χ0) is 21.0. The molecule has 8 heteroatoms. The van der Waals surface area contributed by atoms with E-state index in [-0.39, 0.29) is 41.7 Å². The minimum atomic E-state index is -0.337. The van der Waals surface area contributed by atoms with Gasteiger partial charge in [-0.1, -0.05) is 30.3 Å². The van der Waals surface area contributed by atoms with Crippen molar-refractivity contribution in [2.24, 2.45) is 0 Å². The summed E-state index contributed by atoms with van der Waals surface area (Å²) in [5.74, 6) is -0.646. The molecule has 0 unspecified atom stereocenters. The average Bonchev–Trinajstić information content (AvgIpc) is 2.69. The monoisotopic (exact) mass is 410 g/mol. The SMILES string of the molecule is Cc1cccc(C)c1NC(=O)CNC(=O)CCn1c(=S)[nH]c2ccccc2c1=O. The molecule has 1 aromatic heterocycles. The van der Waals surface area contributed by atoms with E-state index in [0.29, 0.717) is 10.9 Å². The molecule has 0 radical (unpaired) electrons. The Kier molecular flexibility index (Phi) is 6.23. The van der Waals surface area contributed by atoms with E-state index in [1.54, 1.807) is 18.2 Å². The van der Waals surface area contributed by atoms with Crippen LogP contribution in [0.2, 0.25) is 0 Å². The summed E-state index contributed by atoms with van der Waals surface area (Å²) >= 11 is 5.23. The summed E-state index contributed by atoms with van der Waals surface area (Å²) in [7, 11) is 0. The predicted octanol–water partition coefficient (Wildman–Crippen LogP) is 2.82. The lowest BCUT2D eigenvalue weighted by Crippen LogP contribution is -2.34. The van der Waals surface area contributed by atoms with Gasteiger partial charge >= 0.3 is 0 Å². The van der Waals surface area contributed by atoms with Crippen LogP contribution in [0.25, 0.3) is 10.9 Å². The Morgan fingerprint density at radius 2 is 1.72 bits per heavy atom. The lowest BCUT2D eigenvalue weighted by atomic mass is 10.1. The molecule has 1 heterocycles. The molecule has 0 spiro atoms. The molecule has 0 fully saturated rings.